The third kappa shape index (κ3) is 2.57. The highest BCUT2D eigenvalue weighted by molar-refractivity contribution is 6.04. The first-order valence-electron chi connectivity index (χ1n) is 5.42. The summed E-state index contributed by atoms with van der Waals surface area (Å²) >= 11 is 0. The van der Waals surface area contributed by atoms with Crippen molar-refractivity contribution in [3.8, 4) is 0 Å². The van der Waals surface area contributed by atoms with E-state index >= 15 is 0 Å². The molecule has 18 heavy (non-hydrogen) atoms. The average Bonchev–Trinajstić information content (AvgIpc) is 2.34. The van der Waals surface area contributed by atoms with Gasteiger partial charge in [0.1, 0.15) is 0 Å². The minimum absolute atomic E-state index is 0.244. The quantitative estimate of drug-likeness (QED) is 0.699. The van der Waals surface area contributed by atoms with E-state index in [1.165, 1.54) is 18.3 Å². The molecule has 1 heterocycles. The molecule has 0 saturated carbocycles. The summed E-state index contributed by atoms with van der Waals surface area (Å²) in [5.41, 5.74) is 8.09. The van der Waals surface area contributed by atoms with Crippen LogP contribution in [0.5, 0.6) is 0 Å². The van der Waals surface area contributed by atoms with Crippen molar-refractivity contribution >= 4 is 17.3 Å². The monoisotopic (exact) mass is 243 g/mol. The number of hydrogen-bond donors (Lipinski definition) is 3. The van der Waals surface area contributed by atoms with Crippen molar-refractivity contribution in [2.75, 3.05) is 11.1 Å². The fourth-order valence-electron chi connectivity index (χ4n) is 1.47. The van der Waals surface area contributed by atoms with Gasteiger partial charge in [-0.2, -0.15) is 0 Å². The lowest BCUT2D eigenvalue weighted by Gasteiger charge is -2.07. The summed E-state index contributed by atoms with van der Waals surface area (Å²) in [7, 11) is 0. The van der Waals surface area contributed by atoms with E-state index < -0.39 is 0 Å². The van der Waals surface area contributed by atoms with E-state index in [4.69, 9.17) is 5.73 Å². The second kappa shape index (κ2) is 4.75. The normalized spacial score (nSPS) is 10.1. The van der Waals surface area contributed by atoms with Crippen LogP contribution in [0.25, 0.3) is 0 Å². The molecule has 2 aromatic rings. The number of anilines is 2. The summed E-state index contributed by atoms with van der Waals surface area (Å²) in [4.78, 5) is 25.2. The number of aromatic nitrogens is 1. The highest BCUT2D eigenvalue weighted by Gasteiger charge is 2.06. The molecule has 0 bridgehead atoms. The molecule has 5 heteroatoms. The molecule has 0 atom stereocenters. The largest absolute Gasteiger partial charge is 0.398 e. The molecule has 1 aromatic carbocycles. The van der Waals surface area contributed by atoms with Gasteiger partial charge in [0.05, 0.1) is 5.56 Å². The van der Waals surface area contributed by atoms with Crippen molar-refractivity contribution < 1.29 is 4.79 Å². The van der Waals surface area contributed by atoms with Gasteiger partial charge in [-0.1, -0.05) is 6.07 Å². The minimum atomic E-state index is -0.297. The number of nitrogens with two attached hydrogens (primary N) is 1. The molecule has 0 aliphatic heterocycles. The number of carbonyl (C=O) groups is 1. The molecule has 0 unspecified atom stereocenters. The fraction of sp³-hybridized carbons (Fsp3) is 0.0769. The SMILES string of the molecule is Cc1ccc(NC(=O)c2ccc(=O)[nH]c2)cc1N. The van der Waals surface area contributed by atoms with Crippen LogP contribution >= 0.6 is 0 Å². The van der Waals surface area contributed by atoms with E-state index in [-0.39, 0.29) is 11.5 Å². The number of nitrogens with one attached hydrogen (secondary N) is 2. The van der Waals surface area contributed by atoms with Crippen LogP contribution in [-0.2, 0) is 0 Å². The molecule has 0 radical (unpaired) electrons. The number of rotatable bonds is 2. The van der Waals surface area contributed by atoms with Gasteiger partial charge in [0.15, 0.2) is 0 Å². The lowest BCUT2D eigenvalue weighted by atomic mass is 10.2. The van der Waals surface area contributed by atoms with Gasteiger partial charge in [-0.25, -0.2) is 0 Å². The summed E-state index contributed by atoms with van der Waals surface area (Å²) in [5, 5.41) is 2.70. The number of carbonyl (C=O) groups excluding carboxylic acids is 1. The molecule has 0 fully saturated rings. The molecule has 0 aliphatic rings. The van der Waals surface area contributed by atoms with E-state index in [0.717, 1.165) is 5.56 Å². The number of nitrogen functional groups attached to an aromatic ring is 1. The van der Waals surface area contributed by atoms with Gasteiger partial charge in [0.2, 0.25) is 5.56 Å². The third-order valence-corrected chi connectivity index (χ3v) is 2.58. The Morgan fingerprint density at radius 3 is 2.67 bits per heavy atom. The van der Waals surface area contributed by atoms with Crippen molar-refractivity contribution in [3.05, 3.63) is 58.0 Å². The topological polar surface area (TPSA) is 88.0 Å². The number of benzene rings is 1. The Hall–Kier alpha value is -2.56. The Kier molecular flexibility index (Phi) is 3.14. The van der Waals surface area contributed by atoms with Crippen LogP contribution in [0.4, 0.5) is 11.4 Å². The lowest BCUT2D eigenvalue weighted by Crippen LogP contribution is -2.14. The maximum absolute atomic E-state index is 11.8. The zero-order valence-electron chi connectivity index (χ0n) is 9.86. The van der Waals surface area contributed by atoms with Crippen molar-refractivity contribution in [3.63, 3.8) is 0 Å². The molecule has 1 aromatic heterocycles. The molecule has 0 aliphatic carbocycles. The van der Waals surface area contributed by atoms with Gasteiger partial charge < -0.3 is 16.0 Å². The first kappa shape index (κ1) is 11.9. The van der Waals surface area contributed by atoms with Crippen LogP contribution in [-0.4, -0.2) is 10.9 Å². The van der Waals surface area contributed by atoms with Gasteiger partial charge in [-0.05, 0) is 30.7 Å². The van der Waals surface area contributed by atoms with Crippen LogP contribution in [0.15, 0.2) is 41.3 Å². The van der Waals surface area contributed by atoms with Crippen LogP contribution in [0.3, 0.4) is 0 Å². The average molecular weight is 243 g/mol. The molecule has 4 N–H and O–H groups in total. The maximum atomic E-state index is 11.8. The van der Waals surface area contributed by atoms with Crippen LogP contribution in [0.2, 0.25) is 0 Å². The van der Waals surface area contributed by atoms with Crippen LogP contribution in [0.1, 0.15) is 15.9 Å². The number of aryl methyl sites for hydroxylation is 1. The van der Waals surface area contributed by atoms with Crippen molar-refractivity contribution in [1.82, 2.24) is 4.98 Å². The van der Waals surface area contributed by atoms with E-state index in [1.807, 2.05) is 13.0 Å². The van der Waals surface area contributed by atoms with Gasteiger partial charge in [0.25, 0.3) is 5.91 Å². The molecule has 1 amide bonds. The predicted octanol–water partition coefficient (Wildman–Crippen LogP) is 1.52. The zero-order chi connectivity index (χ0) is 13.1. The molecule has 92 valence electrons. The maximum Gasteiger partial charge on any atom is 0.257 e. The van der Waals surface area contributed by atoms with Gasteiger partial charge in [-0.3, -0.25) is 9.59 Å². The van der Waals surface area contributed by atoms with Gasteiger partial charge >= 0.3 is 0 Å². The summed E-state index contributed by atoms with van der Waals surface area (Å²) < 4.78 is 0. The van der Waals surface area contributed by atoms with E-state index in [9.17, 15) is 9.59 Å². The Bertz CT molecular complexity index is 626. The summed E-state index contributed by atoms with van der Waals surface area (Å²) in [6, 6.07) is 8.07. The summed E-state index contributed by atoms with van der Waals surface area (Å²) in [6.07, 6.45) is 1.37. The Balaban J connectivity index is 2.18. The highest BCUT2D eigenvalue weighted by Crippen LogP contribution is 2.17. The van der Waals surface area contributed by atoms with Crippen molar-refractivity contribution in [1.29, 1.82) is 0 Å². The summed E-state index contributed by atoms with van der Waals surface area (Å²) in [6.45, 7) is 1.89. The van der Waals surface area contributed by atoms with Gasteiger partial charge in [-0.15, -0.1) is 0 Å². The Morgan fingerprint density at radius 1 is 1.28 bits per heavy atom. The van der Waals surface area contributed by atoms with E-state index in [2.05, 4.69) is 10.3 Å². The summed E-state index contributed by atoms with van der Waals surface area (Å²) in [5.74, 6) is -0.297. The Morgan fingerprint density at radius 2 is 2.06 bits per heavy atom. The van der Waals surface area contributed by atoms with Crippen molar-refractivity contribution in [2.24, 2.45) is 0 Å². The molecule has 2 rings (SSSR count). The Labute approximate surface area is 104 Å². The number of amides is 1. The van der Waals surface area contributed by atoms with E-state index in [1.54, 1.807) is 12.1 Å². The second-order valence-electron chi connectivity index (χ2n) is 3.97. The molecule has 0 saturated heterocycles. The molecular formula is C13H13N3O2. The number of aromatic amines is 1. The molecule has 5 nitrogen and oxygen atoms in total. The lowest BCUT2D eigenvalue weighted by molar-refractivity contribution is 0.102. The smallest absolute Gasteiger partial charge is 0.257 e. The minimum Gasteiger partial charge on any atom is -0.398 e. The first-order valence-corrected chi connectivity index (χ1v) is 5.42. The number of H-pyrrole nitrogens is 1. The second-order valence-corrected chi connectivity index (χ2v) is 3.97. The fourth-order valence-corrected chi connectivity index (χ4v) is 1.47. The highest BCUT2D eigenvalue weighted by atomic mass is 16.1. The predicted molar refractivity (Wildman–Crippen MR) is 70.6 cm³/mol. The van der Waals surface area contributed by atoms with Crippen LogP contribution in [0, 0.1) is 6.92 Å². The third-order valence-electron chi connectivity index (χ3n) is 2.58. The zero-order valence-corrected chi connectivity index (χ0v) is 9.86. The first-order chi connectivity index (χ1) is 8.56. The van der Waals surface area contributed by atoms with Crippen LogP contribution < -0.4 is 16.6 Å². The van der Waals surface area contributed by atoms with Gasteiger partial charge in [0, 0.05) is 23.6 Å². The standard InChI is InChI=1S/C13H13N3O2/c1-8-2-4-10(6-11(8)14)16-13(18)9-3-5-12(17)15-7-9/h2-7H,14H2,1H3,(H,15,17)(H,16,18). The number of hydrogen-bond acceptors (Lipinski definition) is 3. The molecule has 0 spiro atoms. The van der Waals surface area contributed by atoms with Crippen molar-refractivity contribution in [2.45, 2.75) is 6.92 Å². The van der Waals surface area contributed by atoms with E-state index in [0.29, 0.717) is 16.9 Å². The number of pyridine rings is 1. The molecular weight excluding hydrogens is 230 g/mol.